The van der Waals surface area contributed by atoms with Crippen molar-refractivity contribution in [3.63, 3.8) is 0 Å². The summed E-state index contributed by atoms with van der Waals surface area (Å²) in [5.41, 5.74) is 0.0619. The summed E-state index contributed by atoms with van der Waals surface area (Å²) in [5.74, 6) is 0.439. The molecule has 1 aromatic heterocycles. The summed E-state index contributed by atoms with van der Waals surface area (Å²) >= 11 is 0. The minimum Gasteiger partial charge on any atom is -0.347 e. The monoisotopic (exact) mass is 211 g/mol. The maximum Gasteiger partial charge on any atom is 0.330 e. The Bertz CT molecular complexity index is 384. The zero-order chi connectivity index (χ0) is 11.0. The van der Waals surface area contributed by atoms with E-state index in [0.29, 0.717) is 11.9 Å². The van der Waals surface area contributed by atoms with Crippen molar-refractivity contribution in [3.8, 4) is 0 Å². The molecule has 2 heterocycles. The highest BCUT2D eigenvalue weighted by atomic mass is 16.6. The van der Waals surface area contributed by atoms with E-state index in [2.05, 4.69) is 10.4 Å². The summed E-state index contributed by atoms with van der Waals surface area (Å²) in [5, 5.41) is 18.0. The number of nitrogens with zero attached hydrogens (tertiary/aromatic N) is 4. The number of aromatic nitrogens is 2. The van der Waals surface area contributed by atoms with Gasteiger partial charge in [0.25, 0.3) is 0 Å². The molecule has 15 heavy (non-hydrogen) atoms. The SMILES string of the molecule is CN(c1nn(C)cc1[N+](=O)[O-])C1CNC1. The van der Waals surface area contributed by atoms with Crippen LogP contribution >= 0.6 is 0 Å². The molecule has 0 spiro atoms. The number of nitrogens with one attached hydrogen (secondary N) is 1. The molecule has 7 nitrogen and oxygen atoms in total. The highest BCUT2D eigenvalue weighted by Gasteiger charge is 2.29. The van der Waals surface area contributed by atoms with Crippen molar-refractivity contribution in [2.45, 2.75) is 6.04 Å². The Morgan fingerprint density at radius 1 is 1.73 bits per heavy atom. The Morgan fingerprint density at radius 3 is 2.87 bits per heavy atom. The fraction of sp³-hybridized carbons (Fsp3) is 0.625. The minimum atomic E-state index is -0.398. The van der Waals surface area contributed by atoms with Gasteiger partial charge in [0.2, 0.25) is 5.82 Å². The van der Waals surface area contributed by atoms with Crippen LogP contribution in [-0.4, -0.2) is 40.9 Å². The van der Waals surface area contributed by atoms with E-state index in [1.54, 1.807) is 7.05 Å². The molecular weight excluding hydrogens is 198 g/mol. The molecule has 7 heteroatoms. The van der Waals surface area contributed by atoms with Gasteiger partial charge in [-0.25, -0.2) is 0 Å². The van der Waals surface area contributed by atoms with Crippen molar-refractivity contribution in [1.29, 1.82) is 0 Å². The standard InChI is InChI=1S/C8H13N5O2/c1-11-5-7(13(14)15)8(10-11)12(2)6-3-9-4-6/h5-6,9H,3-4H2,1-2H3. The number of hydrogen-bond donors (Lipinski definition) is 1. The quantitative estimate of drug-likeness (QED) is 0.550. The van der Waals surface area contributed by atoms with Crippen LogP contribution in [0.3, 0.4) is 0 Å². The Kier molecular flexibility index (Phi) is 2.31. The van der Waals surface area contributed by atoms with Crippen LogP contribution in [0.15, 0.2) is 6.20 Å². The second-order valence-corrected chi connectivity index (χ2v) is 3.69. The van der Waals surface area contributed by atoms with Gasteiger partial charge in [-0.1, -0.05) is 0 Å². The molecule has 1 saturated heterocycles. The molecule has 0 aromatic carbocycles. The molecule has 0 atom stereocenters. The Labute approximate surface area is 86.8 Å². The predicted octanol–water partition coefficient (Wildman–Crippen LogP) is -0.264. The number of aryl methyl sites for hydroxylation is 1. The van der Waals surface area contributed by atoms with Crippen molar-refractivity contribution in [2.24, 2.45) is 7.05 Å². The Morgan fingerprint density at radius 2 is 2.40 bits per heavy atom. The fourth-order valence-corrected chi connectivity index (χ4v) is 1.56. The lowest BCUT2D eigenvalue weighted by Crippen LogP contribution is -2.56. The molecule has 82 valence electrons. The Hall–Kier alpha value is -1.63. The second-order valence-electron chi connectivity index (χ2n) is 3.69. The van der Waals surface area contributed by atoms with E-state index in [-0.39, 0.29) is 5.69 Å². The van der Waals surface area contributed by atoms with Gasteiger partial charge in [0.1, 0.15) is 6.20 Å². The molecule has 0 saturated carbocycles. The van der Waals surface area contributed by atoms with Gasteiger partial charge in [0, 0.05) is 27.2 Å². The van der Waals surface area contributed by atoms with Crippen molar-refractivity contribution in [2.75, 3.05) is 25.0 Å². The third kappa shape index (κ3) is 1.65. The van der Waals surface area contributed by atoms with Gasteiger partial charge in [-0.05, 0) is 0 Å². The molecule has 0 bridgehead atoms. The molecule has 1 aliphatic rings. The molecule has 2 rings (SSSR count). The summed E-state index contributed by atoms with van der Waals surface area (Å²) in [7, 11) is 3.52. The van der Waals surface area contributed by atoms with E-state index in [0.717, 1.165) is 13.1 Å². The van der Waals surface area contributed by atoms with Gasteiger partial charge in [0.05, 0.1) is 11.0 Å². The summed E-state index contributed by atoms with van der Waals surface area (Å²) in [6.07, 6.45) is 1.43. The zero-order valence-electron chi connectivity index (χ0n) is 8.67. The zero-order valence-corrected chi connectivity index (χ0v) is 8.67. The molecule has 0 radical (unpaired) electrons. The molecule has 0 unspecified atom stereocenters. The van der Waals surface area contributed by atoms with Crippen LogP contribution in [0.1, 0.15) is 0 Å². The van der Waals surface area contributed by atoms with Crippen LogP contribution < -0.4 is 10.2 Å². The fourth-order valence-electron chi connectivity index (χ4n) is 1.56. The first-order valence-corrected chi connectivity index (χ1v) is 4.71. The lowest BCUT2D eigenvalue weighted by atomic mass is 10.1. The maximum absolute atomic E-state index is 10.8. The normalized spacial score (nSPS) is 16.1. The number of nitro groups is 1. The molecule has 1 N–H and O–H groups in total. The topological polar surface area (TPSA) is 76.2 Å². The van der Waals surface area contributed by atoms with Gasteiger partial charge in [-0.15, -0.1) is 5.10 Å². The summed E-state index contributed by atoms with van der Waals surface area (Å²) in [6.45, 7) is 1.70. The molecule has 1 fully saturated rings. The lowest BCUT2D eigenvalue weighted by molar-refractivity contribution is -0.384. The molecule has 0 amide bonds. The van der Waals surface area contributed by atoms with Gasteiger partial charge in [-0.2, -0.15) is 0 Å². The number of anilines is 1. The third-order valence-electron chi connectivity index (χ3n) is 2.63. The van der Waals surface area contributed by atoms with Crippen LogP contribution in [0.5, 0.6) is 0 Å². The Balaban J connectivity index is 2.28. The second kappa shape index (κ2) is 3.50. The maximum atomic E-state index is 10.8. The van der Waals surface area contributed by atoms with Gasteiger partial charge in [0.15, 0.2) is 0 Å². The lowest BCUT2D eigenvalue weighted by Gasteiger charge is -2.35. The smallest absolute Gasteiger partial charge is 0.330 e. The van der Waals surface area contributed by atoms with E-state index < -0.39 is 4.92 Å². The predicted molar refractivity (Wildman–Crippen MR) is 54.9 cm³/mol. The highest BCUT2D eigenvalue weighted by molar-refractivity contribution is 5.57. The first-order valence-electron chi connectivity index (χ1n) is 4.71. The van der Waals surface area contributed by atoms with Crippen molar-refractivity contribution in [1.82, 2.24) is 15.1 Å². The average molecular weight is 211 g/mol. The average Bonchev–Trinajstić information content (AvgIpc) is 2.44. The minimum absolute atomic E-state index is 0.0619. The van der Waals surface area contributed by atoms with Crippen molar-refractivity contribution < 1.29 is 4.92 Å². The van der Waals surface area contributed by atoms with E-state index in [4.69, 9.17) is 0 Å². The van der Waals surface area contributed by atoms with Crippen LogP contribution in [0.4, 0.5) is 11.5 Å². The summed E-state index contributed by atoms with van der Waals surface area (Å²) in [4.78, 5) is 12.2. The van der Waals surface area contributed by atoms with Gasteiger partial charge >= 0.3 is 5.69 Å². The molecular formula is C8H13N5O2. The number of likely N-dealkylation sites (N-methyl/N-ethyl adjacent to an activating group) is 1. The first kappa shape index (κ1) is 9.91. The molecule has 1 aromatic rings. The summed E-state index contributed by atoms with van der Waals surface area (Å²) in [6, 6.07) is 0.304. The third-order valence-corrected chi connectivity index (χ3v) is 2.63. The number of rotatable bonds is 3. The number of hydrogen-bond acceptors (Lipinski definition) is 5. The van der Waals surface area contributed by atoms with Crippen molar-refractivity contribution >= 4 is 11.5 Å². The highest BCUT2D eigenvalue weighted by Crippen LogP contribution is 2.26. The van der Waals surface area contributed by atoms with E-state index >= 15 is 0 Å². The van der Waals surface area contributed by atoms with E-state index in [9.17, 15) is 10.1 Å². The molecule has 1 aliphatic heterocycles. The largest absolute Gasteiger partial charge is 0.347 e. The molecule has 0 aliphatic carbocycles. The van der Waals surface area contributed by atoms with Crippen LogP contribution in [0, 0.1) is 10.1 Å². The van der Waals surface area contributed by atoms with Gasteiger partial charge in [-0.3, -0.25) is 14.8 Å². The van der Waals surface area contributed by atoms with Crippen molar-refractivity contribution in [3.05, 3.63) is 16.3 Å². The van der Waals surface area contributed by atoms with E-state index in [1.807, 2.05) is 11.9 Å². The van der Waals surface area contributed by atoms with E-state index in [1.165, 1.54) is 10.9 Å². The van der Waals surface area contributed by atoms with Crippen LogP contribution in [0.25, 0.3) is 0 Å². The van der Waals surface area contributed by atoms with Crippen LogP contribution in [0.2, 0.25) is 0 Å². The van der Waals surface area contributed by atoms with Crippen LogP contribution in [-0.2, 0) is 7.05 Å². The van der Waals surface area contributed by atoms with Gasteiger partial charge < -0.3 is 10.2 Å². The summed E-state index contributed by atoms with van der Waals surface area (Å²) < 4.78 is 1.47. The first-order chi connectivity index (χ1) is 7.09.